The Labute approximate surface area is 111 Å². The smallest absolute Gasteiger partial charge is 0.337 e. The van der Waals surface area contributed by atoms with Crippen molar-refractivity contribution in [2.24, 2.45) is 0 Å². The topological polar surface area (TPSA) is 85.4 Å². The van der Waals surface area contributed by atoms with Crippen molar-refractivity contribution in [3.05, 3.63) is 29.6 Å². The molecule has 1 aromatic rings. The first-order valence-electron chi connectivity index (χ1n) is 5.82. The molecule has 19 heavy (non-hydrogen) atoms. The van der Waals surface area contributed by atoms with Gasteiger partial charge in [-0.3, -0.25) is 9.78 Å². The summed E-state index contributed by atoms with van der Waals surface area (Å²) < 4.78 is 4.59. The summed E-state index contributed by atoms with van der Waals surface area (Å²) in [5.41, 5.74) is 0.935. The summed E-state index contributed by atoms with van der Waals surface area (Å²) in [7, 11) is 1.30. The SMILES string of the molecule is COC(=O)c1ccnc(CNC(=O)CCC(C)=O)c1. The van der Waals surface area contributed by atoms with Crippen LogP contribution in [0.1, 0.15) is 35.8 Å². The van der Waals surface area contributed by atoms with Crippen molar-refractivity contribution < 1.29 is 19.1 Å². The maximum absolute atomic E-state index is 11.4. The Balaban J connectivity index is 2.51. The summed E-state index contributed by atoms with van der Waals surface area (Å²) in [5.74, 6) is -0.701. The van der Waals surface area contributed by atoms with Crippen molar-refractivity contribution >= 4 is 17.7 Å². The van der Waals surface area contributed by atoms with Gasteiger partial charge < -0.3 is 14.8 Å². The van der Waals surface area contributed by atoms with Crippen molar-refractivity contribution in [3.63, 3.8) is 0 Å². The van der Waals surface area contributed by atoms with Gasteiger partial charge in [-0.1, -0.05) is 0 Å². The lowest BCUT2D eigenvalue weighted by Crippen LogP contribution is -2.23. The summed E-state index contributed by atoms with van der Waals surface area (Å²) in [4.78, 5) is 37.5. The molecule has 0 saturated carbocycles. The second-order valence-electron chi connectivity index (χ2n) is 4.01. The molecule has 0 aliphatic heterocycles. The van der Waals surface area contributed by atoms with E-state index in [4.69, 9.17) is 0 Å². The molecule has 0 radical (unpaired) electrons. The Hall–Kier alpha value is -2.24. The Morgan fingerprint density at radius 1 is 1.32 bits per heavy atom. The highest BCUT2D eigenvalue weighted by molar-refractivity contribution is 5.89. The molecule has 1 aromatic heterocycles. The number of nitrogens with zero attached hydrogens (tertiary/aromatic N) is 1. The van der Waals surface area contributed by atoms with Gasteiger partial charge in [0, 0.05) is 19.0 Å². The molecule has 6 heteroatoms. The van der Waals surface area contributed by atoms with E-state index in [1.807, 2.05) is 0 Å². The van der Waals surface area contributed by atoms with Gasteiger partial charge in [0.2, 0.25) is 5.91 Å². The number of methoxy groups -OCH3 is 1. The van der Waals surface area contributed by atoms with E-state index in [-0.39, 0.29) is 31.1 Å². The summed E-state index contributed by atoms with van der Waals surface area (Å²) >= 11 is 0. The highest BCUT2D eigenvalue weighted by Gasteiger charge is 2.08. The fourth-order valence-electron chi connectivity index (χ4n) is 1.39. The molecule has 0 aliphatic carbocycles. The molecule has 1 N–H and O–H groups in total. The van der Waals surface area contributed by atoms with Crippen LogP contribution >= 0.6 is 0 Å². The second-order valence-corrected chi connectivity index (χ2v) is 4.01. The Bertz CT molecular complexity index is 485. The molecule has 0 aromatic carbocycles. The maximum Gasteiger partial charge on any atom is 0.337 e. The van der Waals surface area contributed by atoms with E-state index in [1.165, 1.54) is 26.3 Å². The molecule has 102 valence electrons. The predicted molar refractivity (Wildman–Crippen MR) is 67.3 cm³/mol. The number of carbonyl (C=O) groups is 3. The fourth-order valence-corrected chi connectivity index (χ4v) is 1.39. The number of ether oxygens (including phenoxy) is 1. The molecule has 0 fully saturated rings. The van der Waals surface area contributed by atoms with E-state index in [0.717, 1.165) is 0 Å². The zero-order valence-electron chi connectivity index (χ0n) is 10.9. The van der Waals surface area contributed by atoms with Gasteiger partial charge in [-0.15, -0.1) is 0 Å². The van der Waals surface area contributed by atoms with Crippen LogP contribution in [0.25, 0.3) is 0 Å². The molecule has 1 amide bonds. The van der Waals surface area contributed by atoms with Crippen LogP contribution in [0.5, 0.6) is 0 Å². The van der Waals surface area contributed by atoms with Crippen LogP contribution in [0.2, 0.25) is 0 Å². The molecular weight excluding hydrogens is 248 g/mol. The molecule has 0 bridgehead atoms. The summed E-state index contributed by atoms with van der Waals surface area (Å²) in [5, 5.41) is 2.63. The van der Waals surface area contributed by atoms with Crippen LogP contribution in [-0.4, -0.2) is 29.8 Å². The Kier molecular flexibility index (Phi) is 5.66. The van der Waals surface area contributed by atoms with Crippen LogP contribution in [0.4, 0.5) is 0 Å². The number of esters is 1. The van der Waals surface area contributed by atoms with E-state index in [9.17, 15) is 14.4 Å². The van der Waals surface area contributed by atoms with Crippen LogP contribution in [-0.2, 0) is 20.9 Å². The van der Waals surface area contributed by atoms with Crippen LogP contribution in [0, 0.1) is 0 Å². The molecule has 0 aliphatic rings. The zero-order chi connectivity index (χ0) is 14.3. The Morgan fingerprint density at radius 3 is 2.68 bits per heavy atom. The van der Waals surface area contributed by atoms with E-state index < -0.39 is 5.97 Å². The van der Waals surface area contributed by atoms with Gasteiger partial charge in [-0.2, -0.15) is 0 Å². The monoisotopic (exact) mass is 264 g/mol. The number of amides is 1. The number of pyridine rings is 1. The molecule has 1 rings (SSSR count). The standard InChI is InChI=1S/C13H16N2O4/c1-9(16)3-4-12(17)15-8-11-7-10(5-6-14-11)13(18)19-2/h5-7H,3-4,8H2,1-2H3,(H,15,17). The first kappa shape index (κ1) is 14.8. The van der Waals surface area contributed by atoms with Gasteiger partial charge in [-0.25, -0.2) is 4.79 Å². The average molecular weight is 264 g/mol. The van der Waals surface area contributed by atoms with Crippen molar-refractivity contribution in [2.75, 3.05) is 7.11 Å². The van der Waals surface area contributed by atoms with E-state index in [2.05, 4.69) is 15.0 Å². The van der Waals surface area contributed by atoms with Crippen LogP contribution in [0.15, 0.2) is 18.3 Å². The van der Waals surface area contributed by atoms with Gasteiger partial charge in [0.15, 0.2) is 0 Å². The first-order chi connectivity index (χ1) is 9.02. The molecule has 0 atom stereocenters. The third-order valence-corrected chi connectivity index (χ3v) is 2.41. The third kappa shape index (κ3) is 5.29. The van der Waals surface area contributed by atoms with Crippen molar-refractivity contribution in [1.82, 2.24) is 10.3 Å². The molecule has 6 nitrogen and oxygen atoms in total. The lowest BCUT2D eigenvalue weighted by molar-refractivity contribution is -0.124. The van der Waals surface area contributed by atoms with Crippen molar-refractivity contribution in [1.29, 1.82) is 0 Å². The van der Waals surface area contributed by atoms with Gasteiger partial charge in [-0.05, 0) is 19.1 Å². The maximum atomic E-state index is 11.4. The van der Waals surface area contributed by atoms with Gasteiger partial charge in [0.1, 0.15) is 5.78 Å². The van der Waals surface area contributed by atoms with Gasteiger partial charge in [0.05, 0.1) is 24.9 Å². The minimum atomic E-state index is -0.452. The molecule has 0 spiro atoms. The summed E-state index contributed by atoms with van der Waals surface area (Å²) in [6.07, 6.45) is 1.86. The first-order valence-corrected chi connectivity index (χ1v) is 5.82. The molecular formula is C13H16N2O4. The Morgan fingerprint density at radius 2 is 2.05 bits per heavy atom. The second kappa shape index (κ2) is 7.25. The van der Waals surface area contributed by atoms with Crippen LogP contribution < -0.4 is 5.32 Å². The number of ketones is 1. The minimum Gasteiger partial charge on any atom is -0.465 e. The number of aromatic nitrogens is 1. The van der Waals surface area contributed by atoms with Gasteiger partial charge in [0.25, 0.3) is 0 Å². The predicted octanol–water partition coefficient (Wildman–Crippen LogP) is 0.854. The van der Waals surface area contributed by atoms with E-state index >= 15 is 0 Å². The number of hydrogen-bond donors (Lipinski definition) is 1. The quantitative estimate of drug-likeness (QED) is 0.770. The summed E-state index contributed by atoms with van der Waals surface area (Å²) in [6.45, 7) is 1.65. The fraction of sp³-hybridized carbons (Fsp3) is 0.385. The van der Waals surface area contributed by atoms with E-state index in [1.54, 1.807) is 6.07 Å². The van der Waals surface area contributed by atoms with Crippen molar-refractivity contribution in [3.8, 4) is 0 Å². The van der Waals surface area contributed by atoms with Crippen LogP contribution in [0.3, 0.4) is 0 Å². The van der Waals surface area contributed by atoms with Gasteiger partial charge >= 0.3 is 5.97 Å². The normalized spacial score (nSPS) is 9.79. The van der Waals surface area contributed by atoms with Crippen molar-refractivity contribution in [2.45, 2.75) is 26.3 Å². The number of carbonyl (C=O) groups excluding carboxylic acids is 3. The number of rotatable bonds is 6. The third-order valence-electron chi connectivity index (χ3n) is 2.41. The molecule has 0 saturated heterocycles. The largest absolute Gasteiger partial charge is 0.465 e. The summed E-state index contributed by atoms with van der Waals surface area (Å²) in [6, 6.07) is 3.09. The number of nitrogens with one attached hydrogen (secondary N) is 1. The number of Topliss-reactive ketones (excluding diaryl/α,β-unsaturated/α-hetero) is 1. The number of hydrogen-bond acceptors (Lipinski definition) is 5. The molecule has 1 heterocycles. The highest BCUT2D eigenvalue weighted by atomic mass is 16.5. The average Bonchev–Trinajstić information content (AvgIpc) is 2.42. The zero-order valence-corrected chi connectivity index (χ0v) is 10.9. The lowest BCUT2D eigenvalue weighted by Gasteiger charge is -2.05. The highest BCUT2D eigenvalue weighted by Crippen LogP contribution is 2.03. The molecule has 0 unspecified atom stereocenters. The lowest BCUT2D eigenvalue weighted by atomic mass is 10.2. The van der Waals surface area contributed by atoms with E-state index in [0.29, 0.717) is 11.3 Å². The minimum absolute atomic E-state index is 0.0269.